The molecule has 2 heterocycles. The van der Waals surface area contributed by atoms with Crippen LogP contribution < -0.4 is 4.74 Å². The number of nitrogens with zero attached hydrogens (tertiary/aromatic N) is 2. The molecular weight excluding hydrogens is 314 g/mol. The molecule has 5 nitrogen and oxygen atoms in total. The molecule has 134 valence electrons. The summed E-state index contributed by atoms with van der Waals surface area (Å²) in [4.78, 5) is 14.6. The van der Waals surface area contributed by atoms with Crippen molar-refractivity contribution in [3.8, 4) is 5.75 Å². The SMILES string of the molecule is COc1cccc(CC(=O)N2CCC(c3cc(C(C)C)n[nH]3)CC2)c1. The fraction of sp³-hybridized carbons (Fsp3) is 0.500. The maximum absolute atomic E-state index is 12.6. The molecule has 2 aromatic rings. The van der Waals surface area contributed by atoms with Crippen LogP contribution in [-0.2, 0) is 11.2 Å². The number of rotatable bonds is 5. The second-order valence-electron chi connectivity index (χ2n) is 7.09. The van der Waals surface area contributed by atoms with E-state index in [1.165, 1.54) is 5.69 Å². The minimum Gasteiger partial charge on any atom is -0.497 e. The smallest absolute Gasteiger partial charge is 0.226 e. The normalized spacial score (nSPS) is 15.6. The number of carbonyl (C=O) groups is 1. The van der Waals surface area contributed by atoms with E-state index in [2.05, 4.69) is 30.1 Å². The predicted molar refractivity (Wildman–Crippen MR) is 97.9 cm³/mol. The number of hydrogen-bond donors (Lipinski definition) is 1. The molecule has 0 atom stereocenters. The average Bonchev–Trinajstić information content (AvgIpc) is 3.12. The van der Waals surface area contributed by atoms with E-state index in [0.29, 0.717) is 18.3 Å². The summed E-state index contributed by atoms with van der Waals surface area (Å²) >= 11 is 0. The third-order valence-corrected chi connectivity index (χ3v) is 4.99. The van der Waals surface area contributed by atoms with Gasteiger partial charge in [-0.3, -0.25) is 9.89 Å². The van der Waals surface area contributed by atoms with E-state index in [0.717, 1.165) is 42.9 Å². The van der Waals surface area contributed by atoms with Crippen molar-refractivity contribution in [3.05, 3.63) is 47.3 Å². The zero-order valence-corrected chi connectivity index (χ0v) is 15.3. The van der Waals surface area contributed by atoms with Gasteiger partial charge in [-0.2, -0.15) is 5.10 Å². The van der Waals surface area contributed by atoms with Crippen molar-refractivity contribution < 1.29 is 9.53 Å². The van der Waals surface area contributed by atoms with Crippen molar-refractivity contribution in [2.75, 3.05) is 20.2 Å². The van der Waals surface area contributed by atoms with Crippen LogP contribution in [0.3, 0.4) is 0 Å². The molecule has 1 aromatic carbocycles. The summed E-state index contributed by atoms with van der Waals surface area (Å²) in [7, 11) is 1.64. The maximum atomic E-state index is 12.6. The summed E-state index contributed by atoms with van der Waals surface area (Å²) in [5.74, 6) is 1.90. The highest BCUT2D eigenvalue weighted by Gasteiger charge is 2.25. The van der Waals surface area contributed by atoms with Crippen LogP contribution in [0.1, 0.15) is 55.5 Å². The van der Waals surface area contributed by atoms with E-state index in [1.54, 1.807) is 7.11 Å². The van der Waals surface area contributed by atoms with Crippen molar-refractivity contribution in [3.63, 3.8) is 0 Å². The summed E-state index contributed by atoms with van der Waals surface area (Å²) < 4.78 is 5.23. The van der Waals surface area contributed by atoms with Gasteiger partial charge in [-0.15, -0.1) is 0 Å². The van der Waals surface area contributed by atoms with Gasteiger partial charge in [-0.05, 0) is 42.5 Å². The Morgan fingerprint density at radius 2 is 2.08 bits per heavy atom. The average molecular weight is 341 g/mol. The van der Waals surface area contributed by atoms with Gasteiger partial charge < -0.3 is 9.64 Å². The van der Waals surface area contributed by atoms with Crippen LogP contribution in [0.4, 0.5) is 0 Å². The maximum Gasteiger partial charge on any atom is 0.226 e. The lowest BCUT2D eigenvalue weighted by Crippen LogP contribution is -2.38. The van der Waals surface area contributed by atoms with Crippen LogP contribution in [0.15, 0.2) is 30.3 Å². The topological polar surface area (TPSA) is 58.2 Å². The Kier molecular flexibility index (Phi) is 5.41. The molecule has 1 fully saturated rings. The molecule has 1 N–H and O–H groups in total. The highest BCUT2D eigenvalue weighted by Crippen LogP contribution is 2.28. The first-order chi connectivity index (χ1) is 12.1. The number of hydrogen-bond acceptors (Lipinski definition) is 3. The molecular formula is C20H27N3O2. The Balaban J connectivity index is 1.55. The number of H-pyrrole nitrogens is 1. The Morgan fingerprint density at radius 3 is 2.72 bits per heavy atom. The summed E-state index contributed by atoms with van der Waals surface area (Å²) in [5, 5.41) is 7.59. The first kappa shape index (κ1) is 17.5. The largest absolute Gasteiger partial charge is 0.497 e. The molecule has 1 aliphatic heterocycles. The van der Waals surface area contributed by atoms with Gasteiger partial charge in [0, 0.05) is 24.7 Å². The first-order valence-electron chi connectivity index (χ1n) is 9.02. The standard InChI is InChI=1S/C20H27N3O2/c1-14(2)18-13-19(22-21-18)16-7-9-23(10-8-16)20(24)12-15-5-4-6-17(11-15)25-3/h4-6,11,13-14,16H,7-10,12H2,1-3H3,(H,21,22). The Hall–Kier alpha value is -2.30. The van der Waals surface area contributed by atoms with Gasteiger partial charge in [0.1, 0.15) is 5.75 Å². The first-order valence-corrected chi connectivity index (χ1v) is 9.02. The molecule has 1 saturated heterocycles. The summed E-state index contributed by atoms with van der Waals surface area (Å²) in [6, 6.07) is 9.92. The van der Waals surface area contributed by atoms with Crippen molar-refractivity contribution in [2.24, 2.45) is 0 Å². The Labute approximate surface area is 149 Å². The molecule has 1 aromatic heterocycles. The lowest BCUT2D eigenvalue weighted by molar-refractivity contribution is -0.131. The van der Waals surface area contributed by atoms with E-state index >= 15 is 0 Å². The molecule has 1 amide bonds. The van der Waals surface area contributed by atoms with Gasteiger partial charge in [-0.1, -0.05) is 26.0 Å². The number of methoxy groups -OCH3 is 1. The van der Waals surface area contributed by atoms with Crippen molar-refractivity contribution in [2.45, 2.75) is 44.9 Å². The highest BCUT2D eigenvalue weighted by atomic mass is 16.5. The van der Waals surface area contributed by atoms with Crippen LogP contribution in [0.25, 0.3) is 0 Å². The lowest BCUT2D eigenvalue weighted by Gasteiger charge is -2.31. The van der Waals surface area contributed by atoms with E-state index in [1.807, 2.05) is 29.2 Å². The summed E-state index contributed by atoms with van der Waals surface area (Å²) in [5.41, 5.74) is 3.33. The third kappa shape index (κ3) is 4.21. The van der Waals surface area contributed by atoms with E-state index in [4.69, 9.17) is 4.74 Å². The number of piperidine rings is 1. The number of aromatic nitrogens is 2. The van der Waals surface area contributed by atoms with Crippen LogP contribution in [0, 0.1) is 0 Å². The molecule has 0 saturated carbocycles. The fourth-order valence-electron chi connectivity index (χ4n) is 3.37. The zero-order chi connectivity index (χ0) is 17.8. The predicted octanol–water partition coefficient (Wildman–Crippen LogP) is 3.49. The zero-order valence-electron chi connectivity index (χ0n) is 15.3. The second-order valence-corrected chi connectivity index (χ2v) is 7.09. The summed E-state index contributed by atoms with van der Waals surface area (Å²) in [6.45, 7) is 5.92. The van der Waals surface area contributed by atoms with Crippen molar-refractivity contribution in [1.29, 1.82) is 0 Å². The number of likely N-dealkylation sites (tertiary alicyclic amines) is 1. The molecule has 0 radical (unpaired) electrons. The third-order valence-electron chi connectivity index (χ3n) is 4.99. The van der Waals surface area contributed by atoms with E-state index < -0.39 is 0 Å². The minimum atomic E-state index is 0.194. The molecule has 0 bridgehead atoms. The van der Waals surface area contributed by atoms with Crippen LogP contribution in [0.2, 0.25) is 0 Å². The van der Waals surface area contributed by atoms with Gasteiger partial charge in [-0.25, -0.2) is 0 Å². The summed E-state index contributed by atoms with van der Waals surface area (Å²) in [6.07, 6.45) is 2.41. The van der Waals surface area contributed by atoms with Gasteiger partial charge in [0.25, 0.3) is 0 Å². The van der Waals surface area contributed by atoms with Crippen molar-refractivity contribution in [1.82, 2.24) is 15.1 Å². The number of carbonyl (C=O) groups excluding carboxylic acids is 1. The number of aromatic amines is 1. The molecule has 3 rings (SSSR count). The van der Waals surface area contributed by atoms with Gasteiger partial charge in [0.2, 0.25) is 5.91 Å². The lowest BCUT2D eigenvalue weighted by atomic mass is 9.92. The number of nitrogens with one attached hydrogen (secondary N) is 1. The number of benzene rings is 1. The Morgan fingerprint density at radius 1 is 1.32 bits per heavy atom. The molecule has 0 aliphatic carbocycles. The molecule has 1 aliphatic rings. The monoisotopic (exact) mass is 341 g/mol. The molecule has 5 heteroatoms. The Bertz CT molecular complexity index is 715. The van der Waals surface area contributed by atoms with Gasteiger partial charge in [0.15, 0.2) is 0 Å². The highest BCUT2D eigenvalue weighted by molar-refractivity contribution is 5.79. The quantitative estimate of drug-likeness (QED) is 0.906. The number of ether oxygens (including phenoxy) is 1. The molecule has 25 heavy (non-hydrogen) atoms. The van der Waals surface area contributed by atoms with Gasteiger partial charge >= 0.3 is 0 Å². The minimum absolute atomic E-state index is 0.194. The van der Waals surface area contributed by atoms with E-state index in [9.17, 15) is 4.79 Å². The van der Waals surface area contributed by atoms with Crippen LogP contribution >= 0.6 is 0 Å². The van der Waals surface area contributed by atoms with Gasteiger partial charge in [0.05, 0.1) is 19.2 Å². The van der Waals surface area contributed by atoms with Crippen LogP contribution in [-0.4, -0.2) is 41.2 Å². The second kappa shape index (κ2) is 7.72. The molecule has 0 unspecified atom stereocenters. The number of amides is 1. The van der Waals surface area contributed by atoms with Crippen molar-refractivity contribution >= 4 is 5.91 Å². The van der Waals surface area contributed by atoms with E-state index in [-0.39, 0.29) is 5.91 Å². The fourth-order valence-corrected chi connectivity index (χ4v) is 3.37. The van der Waals surface area contributed by atoms with Crippen LogP contribution in [0.5, 0.6) is 5.75 Å². The molecule has 0 spiro atoms.